The van der Waals surface area contributed by atoms with Gasteiger partial charge in [-0.05, 0) is 12.5 Å². The largest absolute Gasteiger partial charge is 0.217 e. The molecule has 1 aromatic rings. The summed E-state index contributed by atoms with van der Waals surface area (Å²) in [4.78, 5) is 0. The minimum Gasteiger partial charge on any atom is -0.212 e. The average Bonchev–Trinajstić information content (AvgIpc) is 2.29. The van der Waals surface area contributed by atoms with Gasteiger partial charge in [0.25, 0.3) is 0 Å². The Morgan fingerprint density at radius 3 is 2.38 bits per heavy atom. The van der Waals surface area contributed by atoms with E-state index in [1.165, 1.54) is 4.31 Å². The third-order valence-corrected chi connectivity index (χ3v) is 5.24. The molecule has 0 aliphatic carbocycles. The van der Waals surface area contributed by atoms with Crippen molar-refractivity contribution in [3.63, 3.8) is 0 Å². The van der Waals surface area contributed by atoms with Crippen molar-refractivity contribution in [1.82, 2.24) is 4.31 Å². The second-order valence-corrected chi connectivity index (χ2v) is 6.52. The fourth-order valence-electron chi connectivity index (χ4n) is 1.32. The van der Waals surface area contributed by atoms with Crippen LogP contribution in [0.3, 0.4) is 0 Å². The molecule has 0 saturated carbocycles. The average molecular weight is 262 g/mol. The molecule has 90 valence electrons. The van der Waals surface area contributed by atoms with Crippen LogP contribution in [0, 0.1) is 0 Å². The van der Waals surface area contributed by atoms with Gasteiger partial charge in [0.1, 0.15) is 0 Å². The molecular formula is C11H16ClNO2S. The molecule has 0 radical (unpaired) electrons. The van der Waals surface area contributed by atoms with Crippen molar-refractivity contribution in [2.45, 2.75) is 18.7 Å². The van der Waals surface area contributed by atoms with E-state index >= 15 is 0 Å². The summed E-state index contributed by atoms with van der Waals surface area (Å²) in [5, 5.41) is -0.553. The summed E-state index contributed by atoms with van der Waals surface area (Å²) >= 11 is 5.58. The summed E-state index contributed by atoms with van der Waals surface area (Å²) in [5.74, 6) is 0.113. The summed E-state index contributed by atoms with van der Waals surface area (Å²) in [6.07, 6.45) is 0. The van der Waals surface area contributed by atoms with Crippen molar-refractivity contribution < 1.29 is 8.42 Å². The van der Waals surface area contributed by atoms with Crippen molar-refractivity contribution in [2.75, 3.05) is 12.9 Å². The molecule has 1 aromatic carbocycles. The van der Waals surface area contributed by atoms with Gasteiger partial charge in [0.15, 0.2) is 0 Å². The van der Waals surface area contributed by atoms with E-state index < -0.39 is 15.3 Å². The molecule has 1 unspecified atom stereocenters. The van der Waals surface area contributed by atoms with E-state index in [4.69, 9.17) is 11.6 Å². The van der Waals surface area contributed by atoms with Crippen LogP contribution in [0.5, 0.6) is 0 Å². The topological polar surface area (TPSA) is 37.4 Å². The molecule has 0 bridgehead atoms. The molecule has 3 nitrogen and oxygen atoms in total. The molecule has 0 fully saturated rings. The zero-order chi connectivity index (χ0) is 12.2. The number of nitrogens with zero attached hydrogens (tertiary/aromatic N) is 1. The van der Waals surface area contributed by atoms with Crippen molar-refractivity contribution in [2.24, 2.45) is 0 Å². The van der Waals surface area contributed by atoms with Crippen LogP contribution >= 0.6 is 11.6 Å². The molecule has 0 heterocycles. The Balaban J connectivity index is 2.77. The Morgan fingerprint density at radius 2 is 1.88 bits per heavy atom. The summed E-state index contributed by atoms with van der Waals surface area (Å²) in [6.45, 7) is 1.99. The molecule has 0 spiro atoms. The van der Waals surface area contributed by atoms with Gasteiger partial charge in [-0.2, -0.15) is 0 Å². The molecule has 0 aliphatic rings. The lowest BCUT2D eigenvalue weighted by molar-refractivity contribution is 0.460. The van der Waals surface area contributed by atoms with Crippen molar-refractivity contribution in [3.8, 4) is 0 Å². The van der Waals surface area contributed by atoms with E-state index in [1.807, 2.05) is 30.3 Å². The lowest BCUT2D eigenvalue weighted by atomic mass is 10.2. The van der Waals surface area contributed by atoms with E-state index in [9.17, 15) is 8.42 Å². The Labute approximate surface area is 102 Å². The van der Waals surface area contributed by atoms with Crippen LogP contribution in [-0.4, -0.2) is 30.9 Å². The fraction of sp³-hybridized carbons (Fsp3) is 0.455. The van der Waals surface area contributed by atoms with Gasteiger partial charge < -0.3 is 0 Å². The second kappa shape index (κ2) is 5.66. The van der Waals surface area contributed by atoms with Crippen molar-refractivity contribution in [3.05, 3.63) is 35.9 Å². The highest BCUT2D eigenvalue weighted by molar-refractivity contribution is 7.89. The molecule has 5 heteroatoms. The predicted molar refractivity (Wildman–Crippen MR) is 67.0 cm³/mol. The standard InChI is InChI=1S/C11H16ClNO2S/c1-10(8-12)16(14,15)13(2)9-11-6-4-3-5-7-11/h3-7,10H,8-9H2,1-2H3. The Kier molecular flexibility index (Phi) is 4.77. The molecule has 0 aliphatic heterocycles. The van der Waals surface area contributed by atoms with Gasteiger partial charge in [-0.1, -0.05) is 30.3 Å². The molecule has 1 atom stereocenters. The number of alkyl halides is 1. The van der Waals surface area contributed by atoms with Gasteiger partial charge in [0.05, 0.1) is 5.25 Å². The lowest BCUT2D eigenvalue weighted by Crippen LogP contribution is -2.35. The van der Waals surface area contributed by atoms with Crippen molar-refractivity contribution >= 4 is 21.6 Å². The number of hydrogen-bond donors (Lipinski definition) is 0. The summed E-state index contributed by atoms with van der Waals surface area (Å²) in [7, 11) is -1.71. The van der Waals surface area contributed by atoms with Crippen LogP contribution in [0.25, 0.3) is 0 Å². The van der Waals surface area contributed by atoms with Crippen molar-refractivity contribution in [1.29, 1.82) is 0 Å². The Bertz CT molecular complexity index is 419. The van der Waals surface area contributed by atoms with Gasteiger partial charge >= 0.3 is 0 Å². The summed E-state index contributed by atoms with van der Waals surface area (Å²) in [5.41, 5.74) is 0.968. The zero-order valence-corrected chi connectivity index (χ0v) is 11.0. The third-order valence-electron chi connectivity index (χ3n) is 2.41. The highest BCUT2D eigenvalue weighted by Crippen LogP contribution is 2.12. The van der Waals surface area contributed by atoms with E-state index in [1.54, 1.807) is 14.0 Å². The van der Waals surface area contributed by atoms with Crippen LogP contribution in [0.2, 0.25) is 0 Å². The van der Waals surface area contributed by atoms with Crippen LogP contribution in [0.15, 0.2) is 30.3 Å². The lowest BCUT2D eigenvalue weighted by Gasteiger charge is -2.20. The van der Waals surface area contributed by atoms with E-state index in [-0.39, 0.29) is 5.88 Å². The molecule has 1 rings (SSSR count). The minimum absolute atomic E-state index is 0.113. The SMILES string of the molecule is CC(CCl)S(=O)(=O)N(C)Cc1ccccc1. The van der Waals surface area contributed by atoms with Crippen LogP contribution in [0.4, 0.5) is 0 Å². The van der Waals surface area contributed by atoms with Crippen LogP contribution < -0.4 is 0 Å². The van der Waals surface area contributed by atoms with E-state index in [2.05, 4.69) is 0 Å². The van der Waals surface area contributed by atoms with Gasteiger partial charge in [-0.25, -0.2) is 12.7 Å². The summed E-state index contributed by atoms with van der Waals surface area (Å²) in [6, 6.07) is 9.48. The molecule has 0 aromatic heterocycles. The molecule has 0 amide bonds. The van der Waals surface area contributed by atoms with E-state index in [0.29, 0.717) is 6.54 Å². The normalized spacial score (nSPS) is 14.0. The predicted octanol–water partition coefficient (Wildman–Crippen LogP) is 2.08. The van der Waals surface area contributed by atoms with Gasteiger partial charge in [-0.15, -0.1) is 11.6 Å². The maximum absolute atomic E-state index is 11.9. The number of sulfonamides is 1. The highest BCUT2D eigenvalue weighted by atomic mass is 35.5. The molecule has 0 saturated heterocycles. The molecular weight excluding hydrogens is 246 g/mol. The van der Waals surface area contributed by atoms with Crippen LogP contribution in [0.1, 0.15) is 12.5 Å². The van der Waals surface area contributed by atoms with Gasteiger partial charge in [0, 0.05) is 19.5 Å². The minimum atomic E-state index is -3.29. The monoisotopic (exact) mass is 261 g/mol. The van der Waals surface area contributed by atoms with E-state index in [0.717, 1.165) is 5.56 Å². The fourth-order valence-corrected chi connectivity index (χ4v) is 2.90. The molecule has 16 heavy (non-hydrogen) atoms. The first kappa shape index (κ1) is 13.5. The molecule has 0 N–H and O–H groups in total. The quantitative estimate of drug-likeness (QED) is 0.761. The smallest absolute Gasteiger partial charge is 0.212 e. The number of halogens is 1. The Morgan fingerprint density at radius 1 is 1.31 bits per heavy atom. The number of benzene rings is 1. The van der Waals surface area contributed by atoms with Gasteiger partial charge in [-0.3, -0.25) is 0 Å². The first-order chi connectivity index (χ1) is 7.48. The summed E-state index contributed by atoms with van der Waals surface area (Å²) < 4.78 is 25.2. The van der Waals surface area contributed by atoms with Crippen LogP contribution in [-0.2, 0) is 16.6 Å². The first-order valence-electron chi connectivity index (χ1n) is 5.03. The highest BCUT2D eigenvalue weighted by Gasteiger charge is 2.24. The maximum atomic E-state index is 11.9. The number of rotatable bonds is 5. The second-order valence-electron chi connectivity index (χ2n) is 3.75. The first-order valence-corrected chi connectivity index (χ1v) is 7.07. The third kappa shape index (κ3) is 3.20. The number of hydrogen-bond acceptors (Lipinski definition) is 2. The van der Waals surface area contributed by atoms with Gasteiger partial charge in [0.2, 0.25) is 10.0 Å². The Hall–Kier alpha value is -0.580. The maximum Gasteiger partial charge on any atom is 0.217 e. The zero-order valence-electron chi connectivity index (χ0n) is 9.43.